The van der Waals surface area contributed by atoms with Gasteiger partial charge in [0, 0.05) is 42.1 Å². The van der Waals surface area contributed by atoms with Crippen LogP contribution < -0.4 is 20.1 Å². The molecule has 0 bridgehead atoms. The molecule has 2 aliphatic carbocycles. The van der Waals surface area contributed by atoms with Gasteiger partial charge in [0.05, 0.1) is 29.2 Å². The van der Waals surface area contributed by atoms with Crippen molar-refractivity contribution in [2.75, 3.05) is 6.54 Å². The third-order valence-electron chi connectivity index (χ3n) is 12.1. The van der Waals surface area contributed by atoms with E-state index in [4.69, 9.17) is 9.72 Å². The van der Waals surface area contributed by atoms with Crippen LogP contribution in [0.2, 0.25) is 0 Å². The molecule has 2 aromatic heterocycles. The molecule has 17 heteroatoms. The highest BCUT2D eigenvalue weighted by atomic mass is 32.2. The highest BCUT2D eigenvalue weighted by Gasteiger charge is 2.70. The average Bonchev–Trinajstić information content (AvgIpc) is 4.09. The number of benzene rings is 2. The number of pyridine rings is 1. The smallest absolute Gasteiger partial charge is 0.272 e. The van der Waals surface area contributed by atoms with Crippen molar-refractivity contribution < 1.29 is 41.1 Å². The van der Waals surface area contributed by atoms with Crippen molar-refractivity contribution in [1.29, 1.82) is 0 Å². The lowest BCUT2D eigenvalue weighted by molar-refractivity contribution is -0.141. The molecule has 58 heavy (non-hydrogen) atoms. The number of hydrogen-bond donors (Lipinski definition) is 3. The molecular weight excluding hydrogens is 773 g/mol. The summed E-state index contributed by atoms with van der Waals surface area (Å²) in [6, 6.07) is 12.6. The Morgan fingerprint density at radius 3 is 2.40 bits per heavy atom. The van der Waals surface area contributed by atoms with Gasteiger partial charge < -0.3 is 20.3 Å². The van der Waals surface area contributed by atoms with Gasteiger partial charge >= 0.3 is 0 Å². The van der Waals surface area contributed by atoms with E-state index >= 15 is 8.78 Å². The van der Waals surface area contributed by atoms with Gasteiger partial charge in [-0.3, -0.25) is 28.9 Å². The van der Waals surface area contributed by atoms with E-state index in [-0.39, 0.29) is 37.4 Å². The Labute approximate surface area is 334 Å². The highest BCUT2D eigenvalue weighted by molar-refractivity contribution is 7.91. The Hall–Kier alpha value is -5.32. The number of aromatic nitrogens is 3. The third-order valence-corrected chi connectivity index (χ3v) is 13.9. The van der Waals surface area contributed by atoms with Crippen LogP contribution in [0, 0.1) is 18.8 Å². The summed E-state index contributed by atoms with van der Waals surface area (Å²) in [5, 5.41) is 7.16. The maximum Gasteiger partial charge on any atom is 0.272 e. The van der Waals surface area contributed by atoms with Crippen molar-refractivity contribution in [3.8, 4) is 5.88 Å². The van der Waals surface area contributed by atoms with E-state index in [1.165, 1.54) is 24.2 Å². The van der Waals surface area contributed by atoms with E-state index in [0.717, 1.165) is 10.8 Å². The Balaban J connectivity index is 1.15. The second-order valence-electron chi connectivity index (χ2n) is 16.1. The number of fused-ring (bicyclic) bond motifs is 5. The van der Waals surface area contributed by atoms with Gasteiger partial charge in [-0.1, -0.05) is 56.2 Å². The van der Waals surface area contributed by atoms with Crippen molar-refractivity contribution in [2.45, 2.75) is 107 Å². The monoisotopic (exact) mass is 817 g/mol. The number of halogens is 2. The fourth-order valence-electron chi connectivity index (χ4n) is 8.62. The number of hydrogen-bond acceptors (Lipinski definition) is 10. The molecule has 8 rings (SSSR count). The van der Waals surface area contributed by atoms with Crippen molar-refractivity contribution in [3.05, 3.63) is 72.3 Å². The molecule has 14 nitrogen and oxygen atoms in total. The second kappa shape index (κ2) is 15.1. The summed E-state index contributed by atoms with van der Waals surface area (Å²) >= 11 is 0. The number of nitrogens with zero attached hydrogens (tertiary/aromatic N) is 4. The van der Waals surface area contributed by atoms with Gasteiger partial charge in [-0.05, 0) is 56.0 Å². The molecular formula is C41H45F2N7O7S. The molecule has 2 saturated carbocycles. The van der Waals surface area contributed by atoms with E-state index in [2.05, 4.69) is 25.3 Å². The SMILES string of the molecule is Cc1cnc(C(=O)NC2CCCCCC(F)(F)CC3C(C)C3(C(=O)NS(=O)(=O)C3CC3)NC(=O)C3CC(Oc4nc5ccccc5c5ccccc45)CN3C2=O)cn1. The average molecular weight is 818 g/mol. The minimum Gasteiger partial charge on any atom is -0.472 e. The lowest BCUT2D eigenvalue weighted by Gasteiger charge is -2.30. The van der Waals surface area contributed by atoms with Crippen LogP contribution in [0.4, 0.5) is 8.78 Å². The number of ether oxygens (including phenoxy) is 1. The first-order valence-corrected chi connectivity index (χ1v) is 21.3. The summed E-state index contributed by atoms with van der Waals surface area (Å²) in [4.78, 5) is 71.1. The van der Waals surface area contributed by atoms with Crippen molar-refractivity contribution in [3.63, 3.8) is 0 Å². The van der Waals surface area contributed by atoms with Crippen LogP contribution in [0.5, 0.6) is 5.88 Å². The van der Waals surface area contributed by atoms with E-state index in [1.54, 1.807) is 6.92 Å². The van der Waals surface area contributed by atoms with E-state index in [1.807, 2.05) is 48.5 Å². The fraction of sp³-hybridized carbons (Fsp3) is 0.488. The molecule has 2 aliphatic heterocycles. The van der Waals surface area contributed by atoms with E-state index in [9.17, 15) is 27.6 Å². The number of amides is 4. The Morgan fingerprint density at radius 2 is 1.67 bits per heavy atom. The molecule has 2 saturated heterocycles. The fourth-order valence-corrected chi connectivity index (χ4v) is 9.97. The molecule has 4 heterocycles. The lowest BCUT2D eigenvalue weighted by atomic mass is 10.00. The number of para-hydroxylation sites is 1. The van der Waals surface area contributed by atoms with Gasteiger partial charge in [-0.2, -0.15) is 0 Å². The van der Waals surface area contributed by atoms with Gasteiger partial charge in [-0.15, -0.1) is 0 Å². The number of aryl methyl sites for hydroxylation is 1. The predicted molar refractivity (Wildman–Crippen MR) is 208 cm³/mol. The largest absolute Gasteiger partial charge is 0.472 e. The molecule has 0 radical (unpaired) electrons. The van der Waals surface area contributed by atoms with E-state index in [0.29, 0.717) is 42.3 Å². The lowest BCUT2D eigenvalue weighted by Crippen LogP contribution is -2.59. The number of alkyl halides is 2. The van der Waals surface area contributed by atoms with Gasteiger partial charge in [-0.25, -0.2) is 27.2 Å². The molecule has 4 aliphatic rings. The number of carbonyl (C=O) groups is 4. The number of rotatable bonds is 7. The zero-order valence-electron chi connectivity index (χ0n) is 32.1. The molecule has 4 fully saturated rings. The van der Waals surface area contributed by atoms with Crippen LogP contribution in [0.25, 0.3) is 21.7 Å². The summed E-state index contributed by atoms with van der Waals surface area (Å²) in [5.41, 5.74) is -0.778. The standard InChI is InChI=1S/C41H45F2N7O7S/c1-23-20-45-33(21-44-23)35(51)46-32-14-4-3-9-17-40(42,43)19-30-24(2)41(30,39(54)49-58(55,56)26-15-16-26)48-36(52)34-18-25(22-50(34)38(32)53)57-37-29-12-6-5-10-27(29)28-11-7-8-13-31(28)47-37/h5-8,10-13,20-21,24-26,30,32,34H,3-4,9,14-19,22H2,1-2H3,(H,46,51)(H,48,52)(H,49,54). The quantitative estimate of drug-likeness (QED) is 0.226. The first-order chi connectivity index (χ1) is 27.7. The molecule has 6 atom stereocenters. The van der Waals surface area contributed by atoms with Gasteiger partial charge in [0.2, 0.25) is 33.6 Å². The third kappa shape index (κ3) is 7.67. The molecule has 0 spiro atoms. The van der Waals surface area contributed by atoms with Crippen molar-refractivity contribution >= 4 is 55.3 Å². The predicted octanol–water partition coefficient (Wildman–Crippen LogP) is 4.35. The second-order valence-corrected chi connectivity index (χ2v) is 18.1. The first kappa shape index (κ1) is 39.5. The Bertz CT molecular complexity index is 2400. The molecule has 4 aromatic rings. The van der Waals surface area contributed by atoms with Crippen molar-refractivity contribution in [2.24, 2.45) is 11.8 Å². The Morgan fingerprint density at radius 1 is 0.948 bits per heavy atom. The van der Waals surface area contributed by atoms with Crippen LogP contribution >= 0.6 is 0 Å². The highest BCUT2D eigenvalue weighted by Crippen LogP contribution is 2.56. The summed E-state index contributed by atoms with van der Waals surface area (Å²) in [6.07, 6.45) is 2.01. The van der Waals surface area contributed by atoms with Crippen molar-refractivity contribution in [1.82, 2.24) is 35.2 Å². The molecule has 2 aromatic carbocycles. The van der Waals surface area contributed by atoms with Gasteiger partial charge in [0.15, 0.2) is 0 Å². The zero-order chi connectivity index (χ0) is 41.0. The number of carbonyl (C=O) groups excluding carboxylic acids is 4. The molecule has 306 valence electrons. The van der Waals surface area contributed by atoms with Gasteiger partial charge in [0.25, 0.3) is 11.8 Å². The van der Waals surface area contributed by atoms with Crippen LogP contribution in [0.3, 0.4) is 0 Å². The zero-order valence-corrected chi connectivity index (χ0v) is 32.9. The molecule has 4 amide bonds. The number of nitrogens with one attached hydrogen (secondary N) is 3. The van der Waals surface area contributed by atoms with Crippen LogP contribution in [-0.4, -0.2) is 93.3 Å². The molecule has 6 unspecified atom stereocenters. The maximum atomic E-state index is 15.6. The maximum absolute atomic E-state index is 15.6. The van der Waals surface area contributed by atoms with Crippen LogP contribution in [-0.2, 0) is 24.4 Å². The number of sulfonamides is 1. The topological polar surface area (TPSA) is 190 Å². The summed E-state index contributed by atoms with van der Waals surface area (Å²) < 4.78 is 65.8. The normalized spacial score (nSPS) is 27.7. The summed E-state index contributed by atoms with van der Waals surface area (Å²) in [5.74, 6) is -8.11. The minimum atomic E-state index is -4.11. The molecule has 3 N–H and O–H groups in total. The summed E-state index contributed by atoms with van der Waals surface area (Å²) in [6.45, 7) is 3.12. The summed E-state index contributed by atoms with van der Waals surface area (Å²) in [7, 11) is -4.11. The van der Waals surface area contributed by atoms with Crippen LogP contribution in [0.1, 0.15) is 80.9 Å². The minimum absolute atomic E-state index is 0.0389. The first-order valence-electron chi connectivity index (χ1n) is 19.8. The van der Waals surface area contributed by atoms with Crippen LogP contribution in [0.15, 0.2) is 60.9 Å². The van der Waals surface area contributed by atoms with E-state index < -0.39 is 93.2 Å². The van der Waals surface area contributed by atoms with Gasteiger partial charge in [0.1, 0.15) is 29.4 Å². The Kier molecular flexibility index (Phi) is 10.3.